The highest BCUT2D eigenvalue weighted by Crippen LogP contribution is 2.08. The maximum atomic E-state index is 11.7. The van der Waals surface area contributed by atoms with Crippen molar-refractivity contribution in [3.8, 4) is 0 Å². The Morgan fingerprint density at radius 2 is 2.38 bits per heavy atom. The maximum absolute atomic E-state index is 11.7. The number of pyridine rings is 1. The minimum absolute atomic E-state index is 0.197. The van der Waals surface area contributed by atoms with Crippen LogP contribution in [0.15, 0.2) is 35.2 Å². The van der Waals surface area contributed by atoms with E-state index in [1.165, 1.54) is 0 Å². The first kappa shape index (κ1) is 10.6. The summed E-state index contributed by atoms with van der Waals surface area (Å²) in [5.41, 5.74) is 7.10. The van der Waals surface area contributed by atoms with Crippen LogP contribution in [0.2, 0.25) is 0 Å². The van der Waals surface area contributed by atoms with Gasteiger partial charge in [0.25, 0.3) is 5.91 Å². The molecule has 0 atom stereocenters. The second-order valence-electron chi connectivity index (χ2n) is 3.25. The molecule has 0 fully saturated rings. The lowest BCUT2D eigenvalue weighted by Crippen LogP contribution is -2.23. The van der Waals surface area contributed by atoms with Gasteiger partial charge in [0.05, 0.1) is 5.56 Å². The van der Waals surface area contributed by atoms with Crippen molar-refractivity contribution in [3.05, 3.63) is 46.3 Å². The Morgan fingerprint density at radius 3 is 3.06 bits per heavy atom. The molecule has 0 bridgehead atoms. The van der Waals surface area contributed by atoms with E-state index in [9.17, 15) is 4.79 Å². The summed E-state index contributed by atoms with van der Waals surface area (Å²) in [5, 5.41) is 6.75. The number of nitrogens with two attached hydrogens (primary N) is 1. The lowest BCUT2D eigenvalue weighted by atomic mass is 10.2. The van der Waals surface area contributed by atoms with Crippen molar-refractivity contribution in [3.63, 3.8) is 0 Å². The molecular formula is C11H11N3OS. The third-order valence-corrected chi connectivity index (χ3v) is 2.85. The van der Waals surface area contributed by atoms with Crippen molar-refractivity contribution in [1.82, 2.24) is 10.3 Å². The molecule has 3 N–H and O–H groups in total. The zero-order valence-electron chi connectivity index (χ0n) is 8.51. The van der Waals surface area contributed by atoms with E-state index < -0.39 is 0 Å². The number of carbonyl (C=O) groups excluding carboxylic acids is 1. The Kier molecular flexibility index (Phi) is 3.16. The minimum atomic E-state index is -0.197. The van der Waals surface area contributed by atoms with Gasteiger partial charge in [-0.15, -0.1) is 0 Å². The smallest absolute Gasteiger partial charge is 0.255 e. The Morgan fingerprint density at radius 1 is 1.50 bits per heavy atom. The number of anilines is 1. The summed E-state index contributed by atoms with van der Waals surface area (Å²) in [4.78, 5) is 15.6. The minimum Gasteiger partial charge on any atom is -0.383 e. The molecule has 0 aromatic carbocycles. The molecule has 0 unspecified atom stereocenters. The molecule has 5 heteroatoms. The van der Waals surface area contributed by atoms with Gasteiger partial charge in [-0.3, -0.25) is 4.79 Å². The number of nitrogen functional groups attached to an aromatic ring is 1. The van der Waals surface area contributed by atoms with Crippen molar-refractivity contribution < 1.29 is 4.79 Å². The van der Waals surface area contributed by atoms with E-state index in [1.54, 1.807) is 29.7 Å². The van der Waals surface area contributed by atoms with Gasteiger partial charge in [-0.25, -0.2) is 4.98 Å². The van der Waals surface area contributed by atoms with Crippen LogP contribution in [0.25, 0.3) is 0 Å². The van der Waals surface area contributed by atoms with Crippen LogP contribution in [0, 0.1) is 0 Å². The lowest BCUT2D eigenvalue weighted by molar-refractivity contribution is 0.0951. The van der Waals surface area contributed by atoms with Crippen molar-refractivity contribution >= 4 is 23.1 Å². The molecule has 2 aromatic rings. The SMILES string of the molecule is Nc1ncccc1C(=O)NCc1ccsc1. The zero-order chi connectivity index (χ0) is 11.4. The highest BCUT2D eigenvalue weighted by Gasteiger charge is 2.09. The predicted octanol–water partition coefficient (Wildman–Crippen LogP) is 1.66. The Labute approximate surface area is 97.1 Å². The fourth-order valence-electron chi connectivity index (χ4n) is 1.28. The van der Waals surface area contributed by atoms with Crippen LogP contribution in [0.4, 0.5) is 5.82 Å². The summed E-state index contributed by atoms with van der Waals surface area (Å²) in [5.74, 6) is 0.0575. The second kappa shape index (κ2) is 4.76. The van der Waals surface area contributed by atoms with Crippen molar-refractivity contribution in [2.45, 2.75) is 6.54 Å². The van der Waals surface area contributed by atoms with Gasteiger partial charge < -0.3 is 11.1 Å². The van der Waals surface area contributed by atoms with Gasteiger partial charge in [0.2, 0.25) is 0 Å². The lowest BCUT2D eigenvalue weighted by Gasteiger charge is -2.05. The van der Waals surface area contributed by atoms with E-state index in [0.29, 0.717) is 12.1 Å². The molecule has 2 aromatic heterocycles. The predicted molar refractivity (Wildman–Crippen MR) is 64.1 cm³/mol. The number of carbonyl (C=O) groups is 1. The molecule has 0 saturated carbocycles. The molecule has 0 aliphatic heterocycles. The van der Waals surface area contributed by atoms with Gasteiger partial charge in [-0.2, -0.15) is 11.3 Å². The van der Waals surface area contributed by atoms with Crippen LogP contribution in [0.5, 0.6) is 0 Å². The number of hydrogen-bond acceptors (Lipinski definition) is 4. The van der Waals surface area contributed by atoms with Crippen LogP contribution >= 0.6 is 11.3 Å². The summed E-state index contributed by atoms with van der Waals surface area (Å²) in [7, 11) is 0. The van der Waals surface area contributed by atoms with Crippen LogP contribution in [0.1, 0.15) is 15.9 Å². The first-order valence-electron chi connectivity index (χ1n) is 4.77. The van der Waals surface area contributed by atoms with E-state index in [0.717, 1.165) is 5.56 Å². The van der Waals surface area contributed by atoms with Crippen LogP contribution < -0.4 is 11.1 Å². The Bertz CT molecular complexity index is 482. The molecule has 2 rings (SSSR count). The van der Waals surface area contributed by atoms with E-state index >= 15 is 0 Å². The molecule has 2 heterocycles. The zero-order valence-corrected chi connectivity index (χ0v) is 9.33. The summed E-state index contributed by atoms with van der Waals surface area (Å²) in [6.45, 7) is 0.511. The number of nitrogens with one attached hydrogen (secondary N) is 1. The van der Waals surface area contributed by atoms with Crippen LogP contribution in [-0.2, 0) is 6.54 Å². The standard InChI is InChI=1S/C11H11N3OS/c12-10-9(2-1-4-13-10)11(15)14-6-8-3-5-16-7-8/h1-5,7H,6H2,(H2,12,13)(H,14,15). The van der Waals surface area contributed by atoms with Gasteiger partial charge in [-0.05, 0) is 34.5 Å². The monoisotopic (exact) mass is 233 g/mol. The number of hydrogen-bond donors (Lipinski definition) is 2. The number of amides is 1. The molecule has 0 spiro atoms. The quantitative estimate of drug-likeness (QED) is 0.847. The largest absolute Gasteiger partial charge is 0.383 e. The van der Waals surface area contributed by atoms with Crippen LogP contribution in [-0.4, -0.2) is 10.9 Å². The summed E-state index contributed by atoms with van der Waals surface area (Å²) in [6.07, 6.45) is 1.56. The summed E-state index contributed by atoms with van der Waals surface area (Å²) in [6, 6.07) is 5.32. The normalized spacial score (nSPS) is 10.0. The van der Waals surface area contributed by atoms with Crippen molar-refractivity contribution in [1.29, 1.82) is 0 Å². The van der Waals surface area contributed by atoms with Crippen molar-refractivity contribution in [2.75, 3.05) is 5.73 Å². The fourth-order valence-corrected chi connectivity index (χ4v) is 1.95. The van der Waals surface area contributed by atoms with Gasteiger partial charge in [0.15, 0.2) is 0 Å². The Hall–Kier alpha value is -1.88. The molecule has 16 heavy (non-hydrogen) atoms. The van der Waals surface area contributed by atoms with Crippen LogP contribution in [0.3, 0.4) is 0 Å². The highest BCUT2D eigenvalue weighted by molar-refractivity contribution is 7.07. The average Bonchev–Trinajstić information content (AvgIpc) is 2.79. The number of nitrogens with zero attached hydrogens (tertiary/aromatic N) is 1. The number of rotatable bonds is 3. The summed E-state index contributed by atoms with van der Waals surface area (Å²) >= 11 is 1.60. The molecule has 82 valence electrons. The third-order valence-electron chi connectivity index (χ3n) is 2.12. The molecule has 0 radical (unpaired) electrons. The Balaban J connectivity index is 2.01. The van der Waals surface area contributed by atoms with E-state index in [-0.39, 0.29) is 11.7 Å². The first-order valence-corrected chi connectivity index (χ1v) is 5.71. The second-order valence-corrected chi connectivity index (χ2v) is 4.03. The number of thiophene rings is 1. The first-order chi connectivity index (χ1) is 7.77. The average molecular weight is 233 g/mol. The molecule has 0 aliphatic carbocycles. The molecule has 0 saturated heterocycles. The van der Waals surface area contributed by atoms with Gasteiger partial charge in [0.1, 0.15) is 5.82 Å². The third kappa shape index (κ3) is 2.38. The van der Waals surface area contributed by atoms with Gasteiger partial charge >= 0.3 is 0 Å². The molecule has 1 amide bonds. The van der Waals surface area contributed by atoms with E-state index in [2.05, 4.69) is 10.3 Å². The van der Waals surface area contributed by atoms with E-state index in [1.807, 2.05) is 16.8 Å². The number of aromatic nitrogens is 1. The van der Waals surface area contributed by atoms with Crippen molar-refractivity contribution in [2.24, 2.45) is 0 Å². The fraction of sp³-hybridized carbons (Fsp3) is 0.0909. The highest BCUT2D eigenvalue weighted by atomic mass is 32.1. The van der Waals surface area contributed by atoms with Gasteiger partial charge in [-0.1, -0.05) is 0 Å². The van der Waals surface area contributed by atoms with E-state index in [4.69, 9.17) is 5.73 Å². The van der Waals surface area contributed by atoms with Gasteiger partial charge in [0, 0.05) is 12.7 Å². The maximum Gasteiger partial charge on any atom is 0.255 e. The topological polar surface area (TPSA) is 68.0 Å². The molecule has 0 aliphatic rings. The molecular weight excluding hydrogens is 222 g/mol. The summed E-state index contributed by atoms with van der Waals surface area (Å²) < 4.78 is 0. The molecule has 4 nitrogen and oxygen atoms in total.